The first-order valence-corrected chi connectivity index (χ1v) is 8.58. The van der Waals surface area contributed by atoms with Crippen LogP contribution in [0.1, 0.15) is 26.2 Å². The minimum atomic E-state index is -1.45. The highest BCUT2D eigenvalue weighted by molar-refractivity contribution is 5.94. The number of hydrogen-bond acceptors (Lipinski definition) is 7. The summed E-state index contributed by atoms with van der Waals surface area (Å²) in [6.07, 6.45) is -0.414. The Morgan fingerprint density at radius 2 is 1.59 bits per heavy atom. The van der Waals surface area contributed by atoms with E-state index in [1.54, 1.807) is 0 Å². The Bertz CT molecular complexity index is 649. The number of carboxylic acids is 2. The normalized spacial score (nSPS) is 13.3. The molecule has 0 radical (unpaired) electrons. The maximum atomic E-state index is 12.2. The maximum absolute atomic E-state index is 12.2. The summed E-state index contributed by atoms with van der Waals surface area (Å²) >= 11 is 0. The van der Waals surface area contributed by atoms with Gasteiger partial charge in [0.05, 0.1) is 13.0 Å². The van der Waals surface area contributed by atoms with Crippen molar-refractivity contribution in [2.24, 2.45) is 22.2 Å². The minimum absolute atomic E-state index is 0.0344. The Kier molecular flexibility index (Phi) is 11.4. The van der Waals surface area contributed by atoms with Crippen LogP contribution in [-0.4, -0.2) is 77.0 Å². The number of amides is 3. The number of carbonyl (C=O) groups excluding carboxylic acids is 3. The van der Waals surface area contributed by atoms with Crippen LogP contribution in [0.25, 0.3) is 0 Å². The van der Waals surface area contributed by atoms with Crippen LogP contribution < -0.4 is 33.2 Å². The molecule has 0 aliphatic rings. The third kappa shape index (κ3) is 11.1. The van der Waals surface area contributed by atoms with Gasteiger partial charge in [-0.15, -0.1) is 0 Å². The van der Waals surface area contributed by atoms with Gasteiger partial charge in [0.25, 0.3) is 0 Å². The number of carbonyl (C=O) groups is 5. The van der Waals surface area contributed by atoms with Gasteiger partial charge in [-0.1, -0.05) is 0 Å². The molecule has 0 aromatic heterocycles. The van der Waals surface area contributed by atoms with Crippen LogP contribution in [0.15, 0.2) is 4.99 Å². The van der Waals surface area contributed by atoms with E-state index in [1.165, 1.54) is 6.92 Å². The number of aliphatic imine (C=N–C) groups is 1. The van der Waals surface area contributed by atoms with Gasteiger partial charge in [-0.25, -0.2) is 4.79 Å². The van der Waals surface area contributed by atoms with E-state index in [4.69, 9.17) is 22.3 Å². The fourth-order valence-electron chi connectivity index (χ4n) is 2.07. The van der Waals surface area contributed by atoms with Crippen molar-refractivity contribution in [3.8, 4) is 0 Å². The van der Waals surface area contributed by atoms with E-state index in [2.05, 4.69) is 20.9 Å². The van der Waals surface area contributed by atoms with Crippen LogP contribution in [0.5, 0.6) is 0 Å². The lowest BCUT2D eigenvalue weighted by Gasteiger charge is -2.21. The van der Waals surface area contributed by atoms with Crippen molar-refractivity contribution < 1.29 is 34.2 Å². The molecule has 0 aromatic rings. The van der Waals surface area contributed by atoms with E-state index in [0.717, 1.165) is 0 Å². The Hall–Kier alpha value is -3.42. The van der Waals surface area contributed by atoms with Crippen LogP contribution in [0.4, 0.5) is 0 Å². The van der Waals surface area contributed by atoms with Crippen molar-refractivity contribution >= 4 is 35.6 Å². The third-order valence-corrected chi connectivity index (χ3v) is 3.53. The Balaban J connectivity index is 4.85. The van der Waals surface area contributed by atoms with Crippen LogP contribution in [0.3, 0.4) is 0 Å². The number of nitrogens with zero attached hydrogens (tertiary/aromatic N) is 1. The van der Waals surface area contributed by atoms with E-state index in [9.17, 15) is 29.1 Å². The lowest BCUT2D eigenvalue weighted by molar-refractivity contribution is -0.143. The molecule has 29 heavy (non-hydrogen) atoms. The number of rotatable bonds is 13. The summed E-state index contributed by atoms with van der Waals surface area (Å²) in [5.41, 5.74) is 15.4. The molecular formula is C15H27N7O7. The molecule has 0 rings (SSSR count). The summed E-state index contributed by atoms with van der Waals surface area (Å²) in [4.78, 5) is 61.5. The maximum Gasteiger partial charge on any atom is 0.326 e. The fourth-order valence-corrected chi connectivity index (χ4v) is 2.07. The number of hydrogen-bond donors (Lipinski definition) is 8. The first-order valence-electron chi connectivity index (χ1n) is 8.58. The van der Waals surface area contributed by atoms with Crippen molar-refractivity contribution in [1.82, 2.24) is 16.0 Å². The Morgan fingerprint density at radius 1 is 0.966 bits per heavy atom. The van der Waals surface area contributed by atoms with Gasteiger partial charge in [-0.3, -0.25) is 24.2 Å². The average molecular weight is 417 g/mol. The molecule has 164 valence electrons. The molecule has 0 fully saturated rings. The van der Waals surface area contributed by atoms with Crippen LogP contribution >= 0.6 is 0 Å². The predicted octanol–water partition coefficient (Wildman–Crippen LogP) is -3.97. The molecule has 14 nitrogen and oxygen atoms in total. The van der Waals surface area contributed by atoms with Gasteiger partial charge in [-0.2, -0.15) is 0 Å². The van der Waals surface area contributed by atoms with E-state index in [-0.39, 0.29) is 25.3 Å². The molecule has 0 saturated heterocycles. The summed E-state index contributed by atoms with van der Waals surface area (Å²) < 4.78 is 0. The van der Waals surface area contributed by atoms with Gasteiger partial charge in [-0.05, 0) is 19.8 Å². The summed E-state index contributed by atoms with van der Waals surface area (Å²) in [5, 5.41) is 24.6. The molecule has 0 bridgehead atoms. The van der Waals surface area contributed by atoms with E-state index in [0.29, 0.717) is 0 Å². The summed E-state index contributed by atoms with van der Waals surface area (Å²) in [6.45, 7) is 0.986. The number of aliphatic carboxylic acids is 2. The lowest BCUT2D eigenvalue weighted by atomic mass is 10.1. The molecule has 0 spiro atoms. The first-order chi connectivity index (χ1) is 13.5. The molecule has 3 unspecified atom stereocenters. The van der Waals surface area contributed by atoms with Gasteiger partial charge >= 0.3 is 11.9 Å². The number of nitrogens with two attached hydrogens (primary N) is 3. The fraction of sp³-hybridized carbons (Fsp3) is 0.600. The second-order valence-corrected chi connectivity index (χ2v) is 6.00. The Morgan fingerprint density at radius 3 is 2.07 bits per heavy atom. The molecular weight excluding hydrogens is 390 g/mol. The molecule has 0 aromatic carbocycles. The SMILES string of the molecule is CC(NC(=O)C(CC(=O)O)NC(=O)CN)C(=O)NC(CCCN=C(N)N)C(=O)O. The van der Waals surface area contributed by atoms with Gasteiger partial charge in [0.15, 0.2) is 5.96 Å². The molecule has 0 heterocycles. The molecule has 0 aliphatic heterocycles. The van der Waals surface area contributed by atoms with E-state index in [1.807, 2.05) is 0 Å². The second-order valence-electron chi connectivity index (χ2n) is 6.00. The van der Waals surface area contributed by atoms with Crippen molar-refractivity contribution in [3.05, 3.63) is 0 Å². The summed E-state index contributed by atoms with van der Waals surface area (Å²) in [7, 11) is 0. The highest BCUT2D eigenvalue weighted by atomic mass is 16.4. The van der Waals surface area contributed by atoms with Crippen molar-refractivity contribution in [2.75, 3.05) is 13.1 Å². The van der Waals surface area contributed by atoms with Gasteiger partial charge in [0, 0.05) is 6.54 Å². The minimum Gasteiger partial charge on any atom is -0.481 e. The number of carboxylic acid groups (broad SMARTS) is 2. The van der Waals surface area contributed by atoms with E-state index < -0.39 is 60.8 Å². The number of guanidine groups is 1. The quantitative estimate of drug-likeness (QED) is 0.0819. The zero-order chi connectivity index (χ0) is 22.6. The van der Waals surface area contributed by atoms with Gasteiger partial charge in [0.2, 0.25) is 17.7 Å². The molecule has 3 atom stereocenters. The van der Waals surface area contributed by atoms with Crippen LogP contribution in [0.2, 0.25) is 0 Å². The molecule has 14 heteroatoms. The first kappa shape index (κ1) is 25.6. The van der Waals surface area contributed by atoms with Crippen molar-refractivity contribution in [2.45, 2.75) is 44.3 Å². The summed E-state index contributed by atoms with van der Waals surface area (Å²) in [5.74, 6) is -5.29. The van der Waals surface area contributed by atoms with Gasteiger partial charge < -0.3 is 43.4 Å². The number of nitrogens with one attached hydrogen (secondary N) is 3. The Labute approximate surface area is 166 Å². The van der Waals surface area contributed by atoms with Crippen LogP contribution in [-0.2, 0) is 24.0 Å². The molecule has 11 N–H and O–H groups in total. The monoisotopic (exact) mass is 417 g/mol. The van der Waals surface area contributed by atoms with E-state index >= 15 is 0 Å². The zero-order valence-corrected chi connectivity index (χ0v) is 15.9. The van der Waals surface area contributed by atoms with Crippen molar-refractivity contribution in [1.29, 1.82) is 0 Å². The largest absolute Gasteiger partial charge is 0.481 e. The predicted molar refractivity (Wildman–Crippen MR) is 100 cm³/mol. The topological polar surface area (TPSA) is 252 Å². The zero-order valence-electron chi connectivity index (χ0n) is 15.9. The standard InChI is InChI=1S/C15H27N7O7/c1-7(20-13(27)9(5-11(24)25)21-10(23)6-16)12(26)22-8(14(28)29)3-2-4-19-15(17)18/h7-9H,2-6,16H2,1H3,(H,20,27)(H,21,23)(H,22,26)(H,24,25)(H,28,29)(H4,17,18,19). The second kappa shape index (κ2) is 12.9. The highest BCUT2D eigenvalue weighted by Gasteiger charge is 2.28. The molecule has 3 amide bonds. The molecule has 0 saturated carbocycles. The average Bonchev–Trinajstić information content (AvgIpc) is 2.62. The third-order valence-electron chi connectivity index (χ3n) is 3.53. The summed E-state index contributed by atoms with van der Waals surface area (Å²) in [6, 6.07) is -3.90. The highest BCUT2D eigenvalue weighted by Crippen LogP contribution is 2.00. The smallest absolute Gasteiger partial charge is 0.326 e. The van der Waals surface area contributed by atoms with Gasteiger partial charge in [0.1, 0.15) is 18.1 Å². The van der Waals surface area contributed by atoms with Crippen LogP contribution in [0, 0.1) is 0 Å². The van der Waals surface area contributed by atoms with Crippen molar-refractivity contribution in [3.63, 3.8) is 0 Å². The lowest BCUT2D eigenvalue weighted by Crippen LogP contribution is -2.55. The molecule has 0 aliphatic carbocycles.